The maximum absolute atomic E-state index is 13.7. The number of rotatable bonds is 6. The lowest BCUT2D eigenvalue weighted by molar-refractivity contribution is -0.192. The number of nitrogens with zero attached hydrogens (tertiary/aromatic N) is 6. The quantitative estimate of drug-likeness (QED) is 0.427. The average Bonchev–Trinajstić information content (AvgIpc) is 3.55. The predicted molar refractivity (Wildman–Crippen MR) is 132 cm³/mol. The number of likely N-dealkylation sites (tertiary alicyclic amines) is 1. The first-order chi connectivity index (χ1) is 17.6. The molecule has 0 amide bonds. The van der Waals surface area contributed by atoms with Gasteiger partial charge in [-0.15, -0.1) is 0 Å². The van der Waals surface area contributed by atoms with Gasteiger partial charge in [-0.2, -0.15) is 22.6 Å². The highest BCUT2D eigenvalue weighted by atomic mass is 32.2. The summed E-state index contributed by atoms with van der Waals surface area (Å²) in [6.45, 7) is 2.16. The number of sulfonamides is 1. The van der Waals surface area contributed by atoms with Gasteiger partial charge in [0.1, 0.15) is 12.1 Å². The highest BCUT2D eigenvalue weighted by Gasteiger charge is 2.47. The van der Waals surface area contributed by atoms with Gasteiger partial charge in [0.2, 0.25) is 5.13 Å². The summed E-state index contributed by atoms with van der Waals surface area (Å²) in [7, 11) is -0.825. The van der Waals surface area contributed by atoms with Gasteiger partial charge < -0.3 is 4.74 Å². The van der Waals surface area contributed by atoms with Crippen molar-refractivity contribution in [1.82, 2.24) is 24.0 Å². The Bertz CT molecular complexity index is 1350. The minimum atomic E-state index is -4.27. The Kier molecular flexibility index (Phi) is 6.96. The lowest BCUT2D eigenvalue weighted by Crippen LogP contribution is -2.44. The van der Waals surface area contributed by atoms with Crippen molar-refractivity contribution < 1.29 is 26.3 Å². The molecule has 0 aliphatic carbocycles. The van der Waals surface area contributed by atoms with E-state index in [0.717, 1.165) is 26.9 Å². The van der Waals surface area contributed by atoms with Crippen LogP contribution in [-0.2, 0) is 17.1 Å². The molecule has 3 aromatic rings. The number of benzene rings is 1. The summed E-state index contributed by atoms with van der Waals surface area (Å²) in [6.07, 6.45) is 0.920. The van der Waals surface area contributed by atoms with E-state index in [4.69, 9.17) is 4.74 Å². The third kappa shape index (κ3) is 4.95. The van der Waals surface area contributed by atoms with Crippen LogP contribution in [0.5, 0.6) is 5.75 Å². The van der Waals surface area contributed by atoms with Crippen molar-refractivity contribution in [2.75, 3.05) is 17.4 Å². The first kappa shape index (κ1) is 26.0. The Hall–Kier alpha value is -2.65. The predicted octanol–water partition coefficient (Wildman–Crippen LogP) is 3.97. The second-order valence-corrected chi connectivity index (χ2v) is 11.7. The molecule has 4 heterocycles. The summed E-state index contributed by atoms with van der Waals surface area (Å²) in [4.78, 5) is 6.11. The summed E-state index contributed by atoms with van der Waals surface area (Å²) < 4.78 is 80.1. The number of aryl methyl sites for hydroxylation is 1. The highest BCUT2D eigenvalue weighted by molar-refractivity contribution is 7.94. The maximum atomic E-state index is 13.7. The molecule has 1 fully saturated rings. The van der Waals surface area contributed by atoms with Gasteiger partial charge in [-0.25, -0.2) is 13.4 Å². The van der Waals surface area contributed by atoms with Crippen molar-refractivity contribution in [3.05, 3.63) is 48.0 Å². The van der Waals surface area contributed by atoms with E-state index in [2.05, 4.69) is 19.4 Å². The molecular formula is C22H25BF3N6O3S2. The fourth-order valence-corrected chi connectivity index (χ4v) is 7.30. The van der Waals surface area contributed by atoms with E-state index >= 15 is 0 Å². The standard InChI is InChI=1S/C22H25BF3N6O3S2/c1-23-32(21-27-13-29-36-21)37(33,34)16-3-4-17-18(6-8-35-20(17)10-16)31-7-5-15(22(24,25)26)9-19(31)14-11-28-30(2)12-14/h3-4,10-13,15,18-19H,5-9H2,1-2H3/t15-,18+,19+/m1/s1. The summed E-state index contributed by atoms with van der Waals surface area (Å²) >= 11 is 0.956. The van der Waals surface area contributed by atoms with Crippen LogP contribution in [0.4, 0.5) is 18.3 Å². The summed E-state index contributed by atoms with van der Waals surface area (Å²) in [5, 5.41) is 4.40. The van der Waals surface area contributed by atoms with Crippen LogP contribution in [0.15, 0.2) is 41.8 Å². The molecule has 0 saturated carbocycles. The van der Waals surface area contributed by atoms with Crippen LogP contribution in [0.25, 0.3) is 0 Å². The molecule has 2 aliphatic rings. The topological polar surface area (TPSA) is 93.4 Å². The van der Waals surface area contributed by atoms with Gasteiger partial charge in [0.25, 0.3) is 17.4 Å². The number of anilines is 1. The van der Waals surface area contributed by atoms with Crippen LogP contribution >= 0.6 is 11.5 Å². The fourth-order valence-electron chi connectivity index (χ4n) is 5.18. The Morgan fingerprint density at radius 2 is 2.05 bits per heavy atom. The zero-order chi connectivity index (χ0) is 26.4. The molecule has 15 heteroatoms. The van der Waals surface area contributed by atoms with Crippen molar-refractivity contribution in [1.29, 1.82) is 0 Å². The van der Waals surface area contributed by atoms with Crippen LogP contribution in [-0.4, -0.2) is 59.2 Å². The van der Waals surface area contributed by atoms with Crippen molar-refractivity contribution in [3.63, 3.8) is 0 Å². The molecule has 0 bridgehead atoms. The van der Waals surface area contributed by atoms with Crippen molar-refractivity contribution >= 4 is 34.1 Å². The van der Waals surface area contributed by atoms with E-state index in [9.17, 15) is 21.6 Å². The molecular weight excluding hydrogens is 528 g/mol. The zero-order valence-electron chi connectivity index (χ0n) is 20.2. The van der Waals surface area contributed by atoms with Crippen LogP contribution in [0.1, 0.15) is 42.5 Å². The van der Waals surface area contributed by atoms with E-state index in [1.165, 1.54) is 25.9 Å². The molecule has 0 unspecified atom stereocenters. The second kappa shape index (κ2) is 9.91. The van der Waals surface area contributed by atoms with E-state index < -0.39 is 28.2 Å². The molecule has 0 spiro atoms. The van der Waals surface area contributed by atoms with Crippen LogP contribution in [0.2, 0.25) is 6.82 Å². The summed E-state index contributed by atoms with van der Waals surface area (Å²) in [5.74, 6) is -0.981. The lowest BCUT2D eigenvalue weighted by Gasteiger charge is -2.45. The van der Waals surface area contributed by atoms with Gasteiger partial charge in [0.15, 0.2) is 0 Å². The van der Waals surface area contributed by atoms with Gasteiger partial charge in [-0.05, 0) is 25.5 Å². The Balaban J connectivity index is 1.48. The molecule has 2 aliphatic heterocycles. The molecule has 5 rings (SSSR count). The van der Waals surface area contributed by atoms with Crippen molar-refractivity contribution in [2.45, 2.75) is 49.2 Å². The number of halogens is 3. The Labute approximate surface area is 217 Å². The lowest BCUT2D eigenvalue weighted by atomic mass is 9.84. The Morgan fingerprint density at radius 3 is 2.70 bits per heavy atom. The van der Waals surface area contributed by atoms with Gasteiger partial charge in [-0.1, -0.05) is 12.9 Å². The molecule has 0 N–H and O–H groups in total. The minimum Gasteiger partial charge on any atom is -0.493 e. The highest BCUT2D eigenvalue weighted by Crippen LogP contribution is 2.48. The van der Waals surface area contributed by atoms with Crippen LogP contribution in [0.3, 0.4) is 0 Å². The number of aromatic nitrogens is 4. The fraction of sp³-hybridized carbons (Fsp3) is 0.500. The molecule has 3 atom stereocenters. The number of alkyl halides is 3. The van der Waals surface area contributed by atoms with Crippen molar-refractivity contribution in [3.8, 4) is 5.75 Å². The van der Waals surface area contributed by atoms with Crippen LogP contribution in [0, 0.1) is 5.92 Å². The van der Waals surface area contributed by atoms with E-state index in [-0.39, 0.29) is 35.5 Å². The number of hydrogen-bond acceptors (Lipinski definition) is 8. The van der Waals surface area contributed by atoms with E-state index in [1.807, 2.05) is 0 Å². The smallest absolute Gasteiger partial charge is 0.391 e. The van der Waals surface area contributed by atoms with Gasteiger partial charge in [0.05, 0.1) is 23.6 Å². The average molecular weight is 553 g/mol. The first-order valence-electron chi connectivity index (χ1n) is 11.8. The first-order valence-corrected chi connectivity index (χ1v) is 14.0. The Morgan fingerprint density at radius 1 is 1.24 bits per heavy atom. The molecule has 2 aromatic heterocycles. The monoisotopic (exact) mass is 553 g/mol. The summed E-state index contributed by atoms with van der Waals surface area (Å²) in [5.41, 5.74) is 1.49. The molecule has 197 valence electrons. The maximum Gasteiger partial charge on any atom is 0.391 e. The molecule has 1 radical (unpaired) electrons. The van der Waals surface area contributed by atoms with Gasteiger partial charge >= 0.3 is 6.18 Å². The largest absolute Gasteiger partial charge is 0.493 e. The molecule has 9 nitrogen and oxygen atoms in total. The molecule has 37 heavy (non-hydrogen) atoms. The van der Waals surface area contributed by atoms with Crippen molar-refractivity contribution in [2.24, 2.45) is 13.0 Å². The van der Waals surface area contributed by atoms with Gasteiger partial charge in [-0.3, -0.25) is 13.8 Å². The van der Waals surface area contributed by atoms with Gasteiger partial charge in [0, 0.05) is 60.5 Å². The number of hydrogen-bond donors (Lipinski definition) is 0. The normalized spacial score (nSPS) is 22.8. The van der Waals surface area contributed by atoms with E-state index in [1.54, 1.807) is 37.0 Å². The number of ether oxygens (including phenoxy) is 1. The molecule has 1 saturated heterocycles. The number of piperidine rings is 1. The zero-order valence-corrected chi connectivity index (χ0v) is 21.8. The van der Waals surface area contributed by atoms with E-state index in [0.29, 0.717) is 18.8 Å². The third-order valence-electron chi connectivity index (χ3n) is 6.94. The molecule has 1 aromatic carbocycles. The second-order valence-electron chi connectivity index (χ2n) is 9.10. The third-order valence-corrected chi connectivity index (χ3v) is 9.47. The van der Waals surface area contributed by atoms with Crippen LogP contribution < -0.4 is 8.95 Å². The number of fused-ring (bicyclic) bond motifs is 1. The summed E-state index contributed by atoms with van der Waals surface area (Å²) in [6, 6.07) is 3.99. The SMILES string of the molecule is C[B]N(c1ncns1)S(=O)(=O)c1ccc2c(c1)OCC[C@@H]2N1CC[C@@H](C(F)(F)F)C[C@H]1c1cnn(C)c1. The minimum absolute atomic E-state index is 0.00254.